The van der Waals surface area contributed by atoms with Crippen LogP contribution in [0.2, 0.25) is 0 Å². The quantitative estimate of drug-likeness (QED) is 0.460. The van der Waals surface area contributed by atoms with Crippen molar-refractivity contribution >= 4 is 21.9 Å². The van der Waals surface area contributed by atoms with Crippen molar-refractivity contribution in [2.45, 2.75) is 56.1 Å². The number of hydrogen-bond donors (Lipinski definition) is 0. The van der Waals surface area contributed by atoms with Crippen LogP contribution in [-0.2, 0) is 30.8 Å². The Bertz CT molecular complexity index is 1080. The summed E-state index contributed by atoms with van der Waals surface area (Å²) in [6.45, 7) is 3.39. The van der Waals surface area contributed by atoms with Crippen LogP contribution in [0.15, 0.2) is 53.0 Å². The van der Waals surface area contributed by atoms with Gasteiger partial charge in [-0.05, 0) is 79.7 Å². The lowest BCUT2D eigenvalue weighted by Gasteiger charge is -2.56. The number of benzene rings is 2. The molecule has 0 amide bonds. The number of halogens is 1. The first-order valence-electron chi connectivity index (χ1n) is 12.7. The third-order valence-corrected chi connectivity index (χ3v) is 10.1. The predicted molar refractivity (Wildman–Crippen MR) is 133 cm³/mol. The second kappa shape index (κ2) is 8.46. The van der Waals surface area contributed by atoms with E-state index >= 15 is 0 Å². The molecule has 2 aromatic rings. The van der Waals surface area contributed by atoms with E-state index in [0.29, 0.717) is 25.0 Å². The fourth-order valence-electron chi connectivity index (χ4n) is 8.42. The molecule has 2 aromatic carbocycles. The van der Waals surface area contributed by atoms with E-state index in [4.69, 9.17) is 14.2 Å². The van der Waals surface area contributed by atoms with Crippen molar-refractivity contribution in [2.75, 3.05) is 20.3 Å². The topological polar surface area (TPSA) is 44.8 Å². The van der Waals surface area contributed by atoms with Crippen molar-refractivity contribution in [2.24, 2.45) is 23.7 Å². The SMILES string of the molecule is COC(=O)[C@@H]1C[C@]2(c3ccc(Br)cc3)C(C3(C)OCCO3)CC[C@H]2[C@@H]2CCc3ccccc3[C@H]21. The van der Waals surface area contributed by atoms with Crippen LogP contribution in [-0.4, -0.2) is 32.1 Å². The monoisotopic (exact) mass is 524 g/mol. The van der Waals surface area contributed by atoms with Crippen molar-refractivity contribution in [3.05, 3.63) is 69.7 Å². The van der Waals surface area contributed by atoms with Gasteiger partial charge in [0.25, 0.3) is 0 Å². The number of methoxy groups -OCH3 is 1. The minimum Gasteiger partial charge on any atom is -0.469 e. The van der Waals surface area contributed by atoms with Crippen molar-refractivity contribution in [1.82, 2.24) is 0 Å². The largest absolute Gasteiger partial charge is 0.469 e. The molecule has 5 heteroatoms. The summed E-state index contributed by atoms with van der Waals surface area (Å²) in [6.07, 6.45) is 5.15. The minimum atomic E-state index is -0.623. The van der Waals surface area contributed by atoms with Crippen molar-refractivity contribution < 1.29 is 19.0 Å². The highest BCUT2D eigenvalue weighted by Crippen LogP contribution is 2.67. The molecule has 0 radical (unpaired) electrons. The maximum atomic E-state index is 13.5. The standard InChI is InChI=1S/C29H33BrO4/c1-28(33-15-16-34-28)25-14-13-24-22-12-7-18-5-3-4-6-21(18)26(22)23(27(31)32-2)17-29(24,25)19-8-10-20(30)11-9-19/h3-6,8-11,22-26H,7,12-17H2,1-2H3/t22-,23+,24-,25?,26+,29+/m0/s1. The molecule has 1 heterocycles. The van der Waals surface area contributed by atoms with Crippen LogP contribution in [0.4, 0.5) is 0 Å². The van der Waals surface area contributed by atoms with Crippen LogP contribution >= 0.6 is 15.9 Å². The second-order valence-electron chi connectivity index (χ2n) is 10.8. The number of aryl methyl sites for hydroxylation is 1. The van der Waals surface area contributed by atoms with Crippen molar-refractivity contribution in [3.8, 4) is 0 Å². The highest BCUT2D eigenvalue weighted by molar-refractivity contribution is 9.10. The Morgan fingerprint density at radius 2 is 1.76 bits per heavy atom. The third kappa shape index (κ3) is 3.26. The van der Waals surface area contributed by atoms with E-state index in [1.54, 1.807) is 7.11 Å². The zero-order chi connectivity index (χ0) is 23.5. The summed E-state index contributed by atoms with van der Waals surface area (Å²) >= 11 is 3.63. The molecule has 0 aromatic heterocycles. The normalized spacial score (nSPS) is 35.8. The Morgan fingerprint density at radius 1 is 1.03 bits per heavy atom. The van der Waals surface area contributed by atoms with Crippen LogP contribution in [0.3, 0.4) is 0 Å². The van der Waals surface area contributed by atoms with Crippen molar-refractivity contribution in [1.29, 1.82) is 0 Å². The summed E-state index contributed by atoms with van der Waals surface area (Å²) < 4.78 is 19.2. The van der Waals surface area contributed by atoms with Gasteiger partial charge in [-0.3, -0.25) is 4.79 Å². The van der Waals surface area contributed by atoms with Gasteiger partial charge in [0.1, 0.15) is 0 Å². The molecule has 3 fully saturated rings. The molecule has 6 rings (SSSR count). The van der Waals surface area contributed by atoms with Crippen molar-refractivity contribution in [3.63, 3.8) is 0 Å². The van der Waals surface area contributed by atoms with E-state index < -0.39 is 5.79 Å². The lowest BCUT2D eigenvalue weighted by Crippen LogP contribution is -2.56. The van der Waals surface area contributed by atoms with Gasteiger partial charge in [-0.25, -0.2) is 0 Å². The Kier molecular flexibility index (Phi) is 5.66. The third-order valence-electron chi connectivity index (χ3n) is 9.56. The molecular formula is C29H33BrO4. The van der Waals surface area contributed by atoms with E-state index in [9.17, 15) is 4.79 Å². The average molecular weight is 525 g/mol. The van der Waals surface area contributed by atoms with Gasteiger partial charge in [0.2, 0.25) is 0 Å². The Morgan fingerprint density at radius 3 is 2.50 bits per heavy atom. The molecule has 0 N–H and O–H groups in total. The molecule has 1 unspecified atom stereocenters. The highest BCUT2D eigenvalue weighted by atomic mass is 79.9. The van der Waals surface area contributed by atoms with Crippen LogP contribution in [0.1, 0.15) is 55.2 Å². The fraction of sp³-hybridized carbons (Fsp3) is 0.552. The maximum absolute atomic E-state index is 13.5. The Balaban J connectivity index is 1.54. The number of esters is 1. The molecule has 2 saturated carbocycles. The number of ether oxygens (including phenoxy) is 3. The maximum Gasteiger partial charge on any atom is 0.309 e. The molecule has 0 bridgehead atoms. The highest BCUT2D eigenvalue weighted by Gasteiger charge is 2.66. The molecule has 3 aliphatic carbocycles. The van der Waals surface area contributed by atoms with Gasteiger partial charge in [0.05, 0.1) is 26.2 Å². The summed E-state index contributed by atoms with van der Waals surface area (Å²) in [5, 5.41) is 0. The molecule has 6 atom stereocenters. The number of carbonyl (C=O) groups is 1. The van der Waals surface area contributed by atoms with Gasteiger partial charge in [-0.1, -0.05) is 52.3 Å². The lowest BCUT2D eigenvalue weighted by atomic mass is 9.48. The van der Waals surface area contributed by atoms with E-state index in [2.05, 4.69) is 71.4 Å². The smallest absolute Gasteiger partial charge is 0.309 e. The summed E-state index contributed by atoms with van der Waals surface area (Å²) in [7, 11) is 1.54. The summed E-state index contributed by atoms with van der Waals surface area (Å²) in [4.78, 5) is 13.5. The van der Waals surface area contributed by atoms with Crippen LogP contribution in [0, 0.1) is 23.7 Å². The molecule has 1 saturated heterocycles. The summed E-state index contributed by atoms with van der Waals surface area (Å²) in [5.41, 5.74) is 3.89. The first-order chi connectivity index (χ1) is 16.5. The number of fused-ring (bicyclic) bond motifs is 5. The first-order valence-corrected chi connectivity index (χ1v) is 13.5. The van der Waals surface area contributed by atoms with Gasteiger partial charge in [-0.2, -0.15) is 0 Å². The van der Waals surface area contributed by atoms with Gasteiger partial charge in [0, 0.05) is 21.7 Å². The van der Waals surface area contributed by atoms with Gasteiger partial charge >= 0.3 is 5.97 Å². The van der Waals surface area contributed by atoms with E-state index in [-0.39, 0.29) is 29.1 Å². The fourth-order valence-corrected chi connectivity index (χ4v) is 8.69. The van der Waals surface area contributed by atoms with E-state index in [1.165, 1.54) is 16.7 Å². The number of rotatable bonds is 3. The molecule has 4 aliphatic rings. The minimum absolute atomic E-state index is 0.0781. The molecule has 180 valence electrons. The van der Waals surface area contributed by atoms with Gasteiger partial charge in [0.15, 0.2) is 5.79 Å². The zero-order valence-electron chi connectivity index (χ0n) is 20.0. The van der Waals surface area contributed by atoms with Crippen LogP contribution < -0.4 is 0 Å². The zero-order valence-corrected chi connectivity index (χ0v) is 21.6. The van der Waals surface area contributed by atoms with Gasteiger partial charge < -0.3 is 14.2 Å². The Labute approximate surface area is 210 Å². The summed E-state index contributed by atoms with van der Waals surface area (Å²) in [6, 6.07) is 17.6. The Hall–Kier alpha value is -1.69. The first kappa shape index (κ1) is 22.8. The second-order valence-corrected chi connectivity index (χ2v) is 11.7. The van der Waals surface area contributed by atoms with Gasteiger partial charge in [-0.15, -0.1) is 0 Å². The van der Waals surface area contributed by atoms with E-state index in [0.717, 1.165) is 36.6 Å². The molecule has 0 spiro atoms. The lowest BCUT2D eigenvalue weighted by molar-refractivity contribution is -0.203. The van der Waals surface area contributed by atoms with Crippen LogP contribution in [0.25, 0.3) is 0 Å². The number of hydrogen-bond acceptors (Lipinski definition) is 4. The summed E-state index contributed by atoms with van der Waals surface area (Å²) in [5.74, 6) is 0.436. The van der Waals surface area contributed by atoms with E-state index in [1.807, 2.05) is 0 Å². The predicted octanol–water partition coefficient (Wildman–Crippen LogP) is 6.02. The van der Waals surface area contributed by atoms with Crippen LogP contribution in [0.5, 0.6) is 0 Å². The molecule has 4 nitrogen and oxygen atoms in total. The molecule has 34 heavy (non-hydrogen) atoms. The molecule has 1 aliphatic heterocycles. The molecular weight excluding hydrogens is 492 g/mol. The number of carbonyl (C=O) groups excluding carboxylic acids is 1. The average Bonchev–Trinajstić information content (AvgIpc) is 3.48.